The van der Waals surface area contributed by atoms with E-state index < -0.39 is 0 Å². The molecule has 0 spiro atoms. The number of phenolic OH excluding ortho intramolecular Hbond substituents is 1. The van der Waals surface area contributed by atoms with E-state index in [1.54, 1.807) is 52.3 Å². The Morgan fingerprint density at radius 3 is 2.88 bits per heavy atom. The first kappa shape index (κ1) is 15.4. The van der Waals surface area contributed by atoms with Gasteiger partial charge < -0.3 is 19.1 Å². The molecule has 4 rings (SSSR count). The van der Waals surface area contributed by atoms with Crippen LogP contribution in [0.4, 0.5) is 0 Å². The summed E-state index contributed by atoms with van der Waals surface area (Å²) in [5.74, 6) is 0.767. The molecule has 128 valence electrons. The van der Waals surface area contributed by atoms with Gasteiger partial charge in [0, 0.05) is 50.6 Å². The van der Waals surface area contributed by atoms with E-state index in [0.717, 1.165) is 12.8 Å². The van der Waals surface area contributed by atoms with Gasteiger partial charge in [0.2, 0.25) is 0 Å². The van der Waals surface area contributed by atoms with Crippen LogP contribution in [0, 0.1) is 0 Å². The second-order valence-electron chi connectivity index (χ2n) is 6.07. The van der Waals surface area contributed by atoms with E-state index >= 15 is 0 Å². The predicted octanol–water partition coefficient (Wildman–Crippen LogP) is 2.12. The first-order valence-corrected chi connectivity index (χ1v) is 8.23. The second kappa shape index (κ2) is 6.43. The van der Waals surface area contributed by atoms with Gasteiger partial charge in [0.15, 0.2) is 5.65 Å². The van der Waals surface area contributed by atoms with Crippen LogP contribution in [0.3, 0.4) is 0 Å². The summed E-state index contributed by atoms with van der Waals surface area (Å²) >= 11 is 0. The Balaban J connectivity index is 1.38. The number of fused-ring (bicyclic) bond motifs is 1. The third-order valence-electron chi connectivity index (χ3n) is 4.33. The van der Waals surface area contributed by atoms with Gasteiger partial charge in [-0.25, -0.2) is 4.98 Å². The number of aromatic nitrogens is 3. The number of aromatic hydroxyl groups is 1. The zero-order valence-corrected chi connectivity index (χ0v) is 13.6. The quantitative estimate of drug-likeness (QED) is 0.791. The van der Waals surface area contributed by atoms with Crippen molar-refractivity contribution in [2.75, 3.05) is 13.1 Å². The van der Waals surface area contributed by atoms with Crippen molar-refractivity contribution in [2.45, 2.75) is 18.9 Å². The third-order valence-corrected chi connectivity index (χ3v) is 4.33. The number of benzene rings is 1. The number of hydrogen-bond acceptors (Lipinski definition) is 5. The standard InChI is InChI=1S/C18H18N4O3/c23-13-2-1-3-15(10-13)25-14-4-7-21(8-5-14)18(24)16-12-22-9-6-19-11-17(22)20-16/h1-3,6,9-12,14,23H,4-5,7-8H2. The summed E-state index contributed by atoms with van der Waals surface area (Å²) in [5.41, 5.74) is 1.09. The number of piperidine rings is 1. The van der Waals surface area contributed by atoms with E-state index in [-0.39, 0.29) is 17.8 Å². The average Bonchev–Trinajstić information content (AvgIpc) is 3.06. The molecule has 1 N–H and O–H groups in total. The molecule has 1 saturated heterocycles. The van der Waals surface area contributed by atoms with Gasteiger partial charge in [-0.2, -0.15) is 0 Å². The highest BCUT2D eigenvalue weighted by atomic mass is 16.5. The van der Waals surface area contributed by atoms with E-state index in [4.69, 9.17) is 4.74 Å². The number of likely N-dealkylation sites (tertiary alicyclic amines) is 1. The molecule has 0 radical (unpaired) electrons. The SMILES string of the molecule is O=C(c1cn2ccncc2n1)N1CCC(Oc2cccc(O)c2)CC1. The first-order valence-electron chi connectivity index (χ1n) is 8.23. The molecular formula is C18H18N4O3. The molecule has 1 fully saturated rings. The van der Waals surface area contributed by atoms with Crippen LogP contribution in [-0.2, 0) is 0 Å². The fourth-order valence-corrected chi connectivity index (χ4v) is 3.03. The summed E-state index contributed by atoms with van der Waals surface area (Å²) in [6.07, 6.45) is 8.32. The van der Waals surface area contributed by atoms with Crippen LogP contribution in [0.15, 0.2) is 49.1 Å². The molecule has 1 aliphatic heterocycles. The lowest BCUT2D eigenvalue weighted by Crippen LogP contribution is -2.41. The van der Waals surface area contributed by atoms with Crippen molar-refractivity contribution in [3.8, 4) is 11.5 Å². The second-order valence-corrected chi connectivity index (χ2v) is 6.07. The molecule has 2 aromatic heterocycles. The van der Waals surface area contributed by atoms with Crippen LogP contribution in [-0.4, -0.2) is 49.5 Å². The average molecular weight is 338 g/mol. The van der Waals surface area contributed by atoms with Crippen LogP contribution in [0.25, 0.3) is 5.65 Å². The number of nitrogens with zero attached hydrogens (tertiary/aromatic N) is 4. The van der Waals surface area contributed by atoms with Crippen molar-refractivity contribution in [1.29, 1.82) is 0 Å². The minimum absolute atomic E-state index is 0.0381. The predicted molar refractivity (Wildman–Crippen MR) is 90.6 cm³/mol. The Morgan fingerprint density at radius 2 is 2.12 bits per heavy atom. The van der Waals surface area contributed by atoms with Crippen LogP contribution in [0.2, 0.25) is 0 Å². The Hall–Kier alpha value is -3.09. The van der Waals surface area contributed by atoms with Crippen LogP contribution in [0.1, 0.15) is 23.3 Å². The summed E-state index contributed by atoms with van der Waals surface area (Å²) in [5, 5.41) is 9.50. The van der Waals surface area contributed by atoms with E-state index in [9.17, 15) is 9.90 Å². The zero-order valence-electron chi connectivity index (χ0n) is 13.6. The fraction of sp³-hybridized carbons (Fsp3) is 0.278. The number of amides is 1. The topological polar surface area (TPSA) is 80.0 Å². The lowest BCUT2D eigenvalue weighted by molar-refractivity contribution is 0.0590. The molecule has 1 aliphatic rings. The lowest BCUT2D eigenvalue weighted by atomic mass is 10.1. The van der Waals surface area contributed by atoms with Crippen molar-refractivity contribution < 1.29 is 14.6 Å². The maximum Gasteiger partial charge on any atom is 0.274 e. The maximum absolute atomic E-state index is 12.6. The van der Waals surface area contributed by atoms with Gasteiger partial charge >= 0.3 is 0 Å². The first-order chi connectivity index (χ1) is 12.2. The fourth-order valence-electron chi connectivity index (χ4n) is 3.03. The van der Waals surface area contributed by atoms with E-state index in [0.29, 0.717) is 30.2 Å². The number of rotatable bonds is 3. The molecule has 0 atom stereocenters. The molecule has 0 unspecified atom stereocenters. The molecule has 3 aromatic rings. The molecule has 1 amide bonds. The summed E-state index contributed by atoms with van der Waals surface area (Å²) in [6.45, 7) is 1.24. The number of ether oxygens (including phenoxy) is 1. The highest BCUT2D eigenvalue weighted by Gasteiger charge is 2.26. The van der Waals surface area contributed by atoms with Gasteiger partial charge in [-0.1, -0.05) is 6.07 Å². The van der Waals surface area contributed by atoms with Gasteiger partial charge in [-0.05, 0) is 12.1 Å². The summed E-state index contributed by atoms with van der Waals surface area (Å²) in [6, 6.07) is 6.78. The van der Waals surface area contributed by atoms with E-state index in [2.05, 4.69) is 9.97 Å². The number of phenols is 1. The molecule has 25 heavy (non-hydrogen) atoms. The third kappa shape index (κ3) is 3.26. The van der Waals surface area contributed by atoms with Gasteiger partial charge in [0.05, 0.1) is 6.20 Å². The maximum atomic E-state index is 12.6. The van der Waals surface area contributed by atoms with Crippen LogP contribution in [0.5, 0.6) is 11.5 Å². The summed E-state index contributed by atoms with van der Waals surface area (Å²) in [4.78, 5) is 22.8. The lowest BCUT2D eigenvalue weighted by Gasteiger charge is -2.31. The molecule has 1 aromatic carbocycles. The monoisotopic (exact) mass is 338 g/mol. The molecule has 0 aliphatic carbocycles. The minimum Gasteiger partial charge on any atom is -0.508 e. The van der Waals surface area contributed by atoms with Crippen molar-refractivity contribution in [1.82, 2.24) is 19.3 Å². The number of carbonyl (C=O) groups is 1. The molecule has 3 heterocycles. The molecule has 0 bridgehead atoms. The number of hydrogen-bond donors (Lipinski definition) is 1. The Morgan fingerprint density at radius 1 is 1.28 bits per heavy atom. The Kier molecular flexibility index (Phi) is 3.97. The Labute approximate surface area is 144 Å². The van der Waals surface area contributed by atoms with Crippen molar-refractivity contribution in [3.63, 3.8) is 0 Å². The molecule has 0 saturated carbocycles. The number of carbonyl (C=O) groups excluding carboxylic acids is 1. The van der Waals surface area contributed by atoms with Crippen molar-refractivity contribution in [2.24, 2.45) is 0 Å². The molecule has 7 nitrogen and oxygen atoms in total. The highest BCUT2D eigenvalue weighted by Crippen LogP contribution is 2.23. The van der Waals surface area contributed by atoms with Crippen LogP contribution >= 0.6 is 0 Å². The summed E-state index contributed by atoms with van der Waals surface area (Å²) < 4.78 is 7.68. The summed E-state index contributed by atoms with van der Waals surface area (Å²) in [7, 11) is 0. The molecule has 7 heteroatoms. The minimum atomic E-state index is -0.0699. The van der Waals surface area contributed by atoms with Gasteiger partial charge in [-0.3, -0.25) is 9.78 Å². The van der Waals surface area contributed by atoms with Crippen LogP contribution < -0.4 is 4.74 Å². The molecular weight excluding hydrogens is 320 g/mol. The van der Waals surface area contributed by atoms with Crippen molar-refractivity contribution in [3.05, 3.63) is 54.7 Å². The largest absolute Gasteiger partial charge is 0.508 e. The number of imidazole rings is 1. The highest BCUT2D eigenvalue weighted by molar-refractivity contribution is 5.93. The smallest absolute Gasteiger partial charge is 0.274 e. The van der Waals surface area contributed by atoms with E-state index in [1.165, 1.54) is 0 Å². The normalized spacial score (nSPS) is 15.4. The van der Waals surface area contributed by atoms with E-state index in [1.807, 2.05) is 6.07 Å². The zero-order chi connectivity index (χ0) is 17.2. The van der Waals surface area contributed by atoms with Gasteiger partial charge in [0.25, 0.3) is 5.91 Å². The van der Waals surface area contributed by atoms with Crippen molar-refractivity contribution >= 4 is 11.6 Å². The Bertz CT molecular complexity index is 867. The van der Waals surface area contributed by atoms with Gasteiger partial charge in [0.1, 0.15) is 23.3 Å². The van der Waals surface area contributed by atoms with Gasteiger partial charge in [-0.15, -0.1) is 0 Å².